The standard InChI is InChI=1S/C11H13FN2O3.ClH/c12-7-4-8(9(13)3-6-1-2-6)11(15)10(5-7)14(16)17;/h4-6,9,15H,1-3,13H2;1H/t9-;/m0./s1. The normalized spacial score (nSPS) is 15.9. The molecule has 1 atom stereocenters. The third-order valence-electron chi connectivity index (χ3n) is 2.96. The fourth-order valence-corrected chi connectivity index (χ4v) is 1.87. The quantitative estimate of drug-likeness (QED) is 0.653. The minimum Gasteiger partial charge on any atom is -0.502 e. The van der Waals surface area contributed by atoms with Crippen LogP contribution < -0.4 is 5.73 Å². The highest BCUT2D eigenvalue weighted by molar-refractivity contribution is 5.85. The van der Waals surface area contributed by atoms with Gasteiger partial charge in [-0.15, -0.1) is 12.4 Å². The molecule has 1 aromatic rings. The predicted octanol–water partition coefficient (Wildman–Crippen LogP) is 2.66. The summed E-state index contributed by atoms with van der Waals surface area (Å²) in [4.78, 5) is 9.81. The van der Waals surface area contributed by atoms with Gasteiger partial charge in [0.05, 0.1) is 11.0 Å². The van der Waals surface area contributed by atoms with Crippen molar-refractivity contribution >= 4 is 18.1 Å². The van der Waals surface area contributed by atoms with Gasteiger partial charge in [-0.3, -0.25) is 10.1 Å². The van der Waals surface area contributed by atoms with E-state index in [0.29, 0.717) is 18.4 Å². The van der Waals surface area contributed by atoms with Gasteiger partial charge >= 0.3 is 5.69 Å². The Kier molecular flexibility index (Phi) is 4.48. The van der Waals surface area contributed by atoms with Crippen LogP contribution in [0.3, 0.4) is 0 Å². The Bertz CT molecular complexity index is 466. The first-order valence-corrected chi connectivity index (χ1v) is 5.41. The lowest BCUT2D eigenvalue weighted by atomic mass is 10.00. The highest BCUT2D eigenvalue weighted by atomic mass is 35.5. The number of nitrogens with zero attached hydrogens (tertiary/aromatic N) is 1. The van der Waals surface area contributed by atoms with Crippen LogP contribution in [0.2, 0.25) is 0 Å². The van der Waals surface area contributed by atoms with Gasteiger partial charge in [-0.05, 0) is 18.4 Å². The topological polar surface area (TPSA) is 89.4 Å². The summed E-state index contributed by atoms with van der Waals surface area (Å²) in [5, 5.41) is 20.3. The number of rotatable bonds is 4. The van der Waals surface area contributed by atoms with Gasteiger partial charge in [0, 0.05) is 11.6 Å². The Labute approximate surface area is 109 Å². The molecule has 7 heteroatoms. The number of nitro groups is 1. The second-order valence-electron chi connectivity index (χ2n) is 4.41. The number of hydrogen-bond acceptors (Lipinski definition) is 4. The number of benzene rings is 1. The van der Waals surface area contributed by atoms with Crippen LogP contribution in [0.4, 0.5) is 10.1 Å². The summed E-state index contributed by atoms with van der Waals surface area (Å²) in [7, 11) is 0. The minimum atomic E-state index is -0.814. The molecule has 2 rings (SSSR count). The maximum Gasteiger partial charge on any atom is 0.313 e. The molecule has 100 valence electrons. The molecule has 0 spiro atoms. The van der Waals surface area contributed by atoms with E-state index in [4.69, 9.17) is 5.73 Å². The van der Waals surface area contributed by atoms with Crippen LogP contribution >= 0.6 is 12.4 Å². The Balaban J connectivity index is 0.00000162. The van der Waals surface area contributed by atoms with Crippen LogP contribution in [-0.4, -0.2) is 10.0 Å². The molecule has 1 fully saturated rings. The van der Waals surface area contributed by atoms with Gasteiger partial charge in [0.25, 0.3) is 0 Å². The van der Waals surface area contributed by atoms with E-state index in [-0.39, 0.29) is 18.0 Å². The third-order valence-corrected chi connectivity index (χ3v) is 2.96. The number of halogens is 2. The minimum absolute atomic E-state index is 0. The van der Waals surface area contributed by atoms with E-state index in [2.05, 4.69) is 0 Å². The summed E-state index contributed by atoms with van der Waals surface area (Å²) in [6.07, 6.45) is 2.77. The van der Waals surface area contributed by atoms with Crippen molar-refractivity contribution in [3.63, 3.8) is 0 Å². The maximum atomic E-state index is 13.2. The van der Waals surface area contributed by atoms with E-state index >= 15 is 0 Å². The van der Waals surface area contributed by atoms with Gasteiger partial charge in [-0.25, -0.2) is 4.39 Å². The van der Waals surface area contributed by atoms with Crippen molar-refractivity contribution in [2.24, 2.45) is 11.7 Å². The lowest BCUT2D eigenvalue weighted by Crippen LogP contribution is -2.12. The Morgan fingerprint density at radius 1 is 1.56 bits per heavy atom. The molecule has 0 amide bonds. The van der Waals surface area contributed by atoms with Gasteiger partial charge in [0.15, 0.2) is 5.75 Å². The summed E-state index contributed by atoms with van der Waals surface area (Å²) >= 11 is 0. The maximum absolute atomic E-state index is 13.2. The van der Waals surface area contributed by atoms with E-state index in [1.807, 2.05) is 0 Å². The van der Waals surface area contributed by atoms with Gasteiger partial charge < -0.3 is 10.8 Å². The molecular formula is C11H14ClFN2O3. The molecule has 0 aromatic heterocycles. The second-order valence-corrected chi connectivity index (χ2v) is 4.41. The summed E-state index contributed by atoms with van der Waals surface area (Å²) in [5.41, 5.74) is 5.31. The number of nitro benzene ring substituents is 1. The zero-order chi connectivity index (χ0) is 12.6. The molecule has 18 heavy (non-hydrogen) atoms. The number of phenols is 1. The van der Waals surface area contributed by atoms with Gasteiger partial charge in [0.2, 0.25) is 0 Å². The number of aromatic hydroxyl groups is 1. The molecule has 0 saturated heterocycles. The van der Waals surface area contributed by atoms with Crippen molar-refractivity contribution in [2.75, 3.05) is 0 Å². The molecule has 0 heterocycles. The summed E-state index contributed by atoms with van der Waals surface area (Å²) in [6.45, 7) is 0. The van der Waals surface area contributed by atoms with E-state index in [9.17, 15) is 19.6 Å². The van der Waals surface area contributed by atoms with Gasteiger partial charge in [0.1, 0.15) is 5.82 Å². The Hall–Kier alpha value is -1.40. The molecule has 1 saturated carbocycles. The average molecular weight is 277 g/mol. The smallest absolute Gasteiger partial charge is 0.313 e. The van der Waals surface area contributed by atoms with Crippen molar-refractivity contribution in [3.05, 3.63) is 33.6 Å². The predicted molar refractivity (Wildman–Crippen MR) is 66.2 cm³/mol. The summed E-state index contributed by atoms with van der Waals surface area (Å²) in [5.74, 6) is -0.785. The van der Waals surface area contributed by atoms with Crippen LogP contribution in [0.25, 0.3) is 0 Å². The lowest BCUT2D eigenvalue weighted by Gasteiger charge is -2.13. The van der Waals surface area contributed by atoms with Crippen LogP contribution in [0, 0.1) is 21.8 Å². The molecule has 0 bridgehead atoms. The van der Waals surface area contributed by atoms with Crippen molar-refractivity contribution in [3.8, 4) is 5.75 Å². The Morgan fingerprint density at radius 3 is 2.67 bits per heavy atom. The molecule has 5 nitrogen and oxygen atoms in total. The van der Waals surface area contributed by atoms with Crippen molar-refractivity contribution < 1.29 is 14.4 Å². The van der Waals surface area contributed by atoms with Crippen LogP contribution in [0.5, 0.6) is 5.75 Å². The molecule has 1 aromatic carbocycles. The van der Waals surface area contributed by atoms with E-state index in [1.54, 1.807) is 0 Å². The SMILES string of the molecule is Cl.N[C@@H](CC1CC1)c1cc(F)cc([N+](=O)[O-])c1O. The zero-order valence-electron chi connectivity index (χ0n) is 9.51. The highest BCUT2D eigenvalue weighted by Gasteiger charge is 2.28. The van der Waals surface area contributed by atoms with Gasteiger partial charge in [-0.1, -0.05) is 12.8 Å². The van der Waals surface area contributed by atoms with Gasteiger partial charge in [-0.2, -0.15) is 0 Å². The van der Waals surface area contributed by atoms with Crippen molar-refractivity contribution in [2.45, 2.75) is 25.3 Å². The molecule has 0 unspecified atom stereocenters. The molecule has 3 N–H and O–H groups in total. The van der Waals surface area contributed by atoms with Crippen LogP contribution in [0.1, 0.15) is 30.9 Å². The molecule has 0 aliphatic heterocycles. The summed E-state index contributed by atoms with van der Waals surface area (Å²) in [6, 6.07) is 1.20. The summed E-state index contributed by atoms with van der Waals surface area (Å²) < 4.78 is 13.2. The first-order valence-electron chi connectivity index (χ1n) is 5.41. The van der Waals surface area contributed by atoms with Crippen molar-refractivity contribution in [1.29, 1.82) is 0 Å². The second kappa shape index (κ2) is 5.49. The van der Waals surface area contributed by atoms with E-state index in [1.165, 1.54) is 0 Å². The third kappa shape index (κ3) is 3.08. The van der Waals surface area contributed by atoms with E-state index in [0.717, 1.165) is 18.9 Å². The zero-order valence-corrected chi connectivity index (χ0v) is 10.3. The van der Waals surface area contributed by atoms with Crippen LogP contribution in [-0.2, 0) is 0 Å². The molecule has 1 aliphatic carbocycles. The van der Waals surface area contributed by atoms with E-state index < -0.39 is 28.2 Å². The first-order chi connectivity index (χ1) is 7.99. The average Bonchev–Trinajstić information content (AvgIpc) is 3.04. The van der Waals surface area contributed by atoms with Crippen molar-refractivity contribution in [1.82, 2.24) is 0 Å². The fraction of sp³-hybridized carbons (Fsp3) is 0.455. The molecular weight excluding hydrogens is 263 g/mol. The van der Waals surface area contributed by atoms with Crippen LogP contribution in [0.15, 0.2) is 12.1 Å². The Morgan fingerprint density at radius 2 is 2.17 bits per heavy atom. The first kappa shape index (κ1) is 14.7. The number of phenolic OH excluding ortho intramolecular Hbond substituents is 1. The fourth-order valence-electron chi connectivity index (χ4n) is 1.87. The number of nitrogens with two attached hydrogens (primary N) is 1. The lowest BCUT2D eigenvalue weighted by molar-refractivity contribution is -0.386. The highest BCUT2D eigenvalue weighted by Crippen LogP contribution is 2.41. The monoisotopic (exact) mass is 276 g/mol. The molecule has 0 radical (unpaired) electrons. The molecule has 1 aliphatic rings. The largest absolute Gasteiger partial charge is 0.502 e. The number of hydrogen-bond donors (Lipinski definition) is 2.